The van der Waals surface area contributed by atoms with E-state index in [4.69, 9.17) is 17.3 Å². The quantitative estimate of drug-likeness (QED) is 0.711. The van der Waals surface area contributed by atoms with E-state index in [1.54, 1.807) is 6.07 Å². The predicted molar refractivity (Wildman–Crippen MR) is 83.1 cm³/mol. The molecule has 102 valence electrons. The summed E-state index contributed by atoms with van der Waals surface area (Å²) in [7, 11) is 3.89. The van der Waals surface area contributed by atoms with E-state index in [9.17, 15) is 0 Å². The highest BCUT2D eigenvalue weighted by Crippen LogP contribution is 2.26. The number of nitrogens with zero attached hydrogens (tertiary/aromatic N) is 3. The number of halogens is 1. The van der Waals surface area contributed by atoms with E-state index in [1.165, 1.54) is 0 Å². The molecule has 0 spiro atoms. The summed E-state index contributed by atoms with van der Waals surface area (Å²) in [4.78, 5) is 14.1. The van der Waals surface area contributed by atoms with E-state index in [-0.39, 0.29) is 0 Å². The third kappa shape index (κ3) is 2.28. The molecule has 0 unspecified atom stereocenters. The van der Waals surface area contributed by atoms with Gasteiger partial charge < -0.3 is 15.6 Å². The van der Waals surface area contributed by atoms with Gasteiger partial charge in [-0.2, -0.15) is 0 Å². The molecule has 0 aliphatic heterocycles. The fourth-order valence-corrected chi connectivity index (χ4v) is 2.26. The molecule has 2 aromatic heterocycles. The van der Waals surface area contributed by atoms with Crippen LogP contribution in [-0.2, 0) is 0 Å². The van der Waals surface area contributed by atoms with E-state index >= 15 is 0 Å². The first-order chi connectivity index (χ1) is 9.52. The highest BCUT2D eigenvalue weighted by Gasteiger charge is 2.09. The zero-order valence-electron chi connectivity index (χ0n) is 11.2. The van der Waals surface area contributed by atoms with E-state index in [1.807, 2.05) is 43.3 Å². The van der Waals surface area contributed by atoms with Gasteiger partial charge in [0.1, 0.15) is 11.6 Å². The zero-order valence-corrected chi connectivity index (χ0v) is 11.9. The number of nitrogens with two attached hydrogens (primary N) is 1. The summed E-state index contributed by atoms with van der Waals surface area (Å²) >= 11 is 6.02. The fraction of sp³-hybridized carbons (Fsp3) is 0.143. The van der Waals surface area contributed by atoms with Crippen LogP contribution in [0.25, 0.3) is 22.6 Å². The molecule has 0 bridgehead atoms. The summed E-state index contributed by atoms with van der Waals surface area (Å²) in [6, 6.07) is 9.26. The van der Waals surface area contributed by atoms with Crippen LogP contribution in [0, 0.1) is 0 Å². The largest absolute Gasteiger partial charge is 0.399 e. The molecule has 3 N–H and O–H groups in total. The van der Waals surface area contributed by atoms with Gasteiger partial charge in [-0.15, -0.1) is 0 Å². The molecule has 20 heavy (non-hydrogen) atoms. The minimum Gasteiger partial charge on any atom is -0.399 e. The maximum atomic E-state index is 6.02. The lowest BCUT2D eigenvalue weighted by Gasteiger charge is -2.09. The van der Waals surface area contributed by atoms with Crippen molar-refractivity contribution in [3.05, 3.63) is 35.4 Å². The van der Waals surface area contributed by atoms with Crippen molar-refractivity contribution in [1.29, 1.82) is 0 Å². The Morgan fingerprint density at radius 2 is 1.95 bits per heavy atom. The number of nitrogen functional groups attached to an aromatic ring is 1. The van der Waals surface area contributed by atoms with Crippen LogP contribution in [0.4, 0.5) is 11.5 Å². The maximum Gasteiger partial charge on any atom is 0.180 e. The highest BCUT2D eigenvalue weighted by molar-refractivity contribution is 6.31. The van der Waals surface area contributed by atoms with Crippen LogP contribution in [0.2, 0.25) is 5.02 Å². The zero-order chi connectivity index (χ0) is 14.3. The normalized spacial score (nSPS) is 10.9. The third-order valence-electron chi connectivity index (χ3n) is 2.98. The van der Waals surface area contributed by atoms with Gasteiger partial charge in [0.05, 0.1) is 5.52 Å². The minimum absolute atomic E-state index is 0.586. The lowest BCUT2D eigenvalue weighted by Crippen LogP contribution is -2.10. The van der Waals surface area contributed by atoms with Crippen LogP contribution in [0.1, 0.15) is 0 Å². The molecular weight excluding hydrogens is 274 g/mol. The van der Waals surface area contributed by atoms with Gasteiger partial charge in [0, 0.05) is 30.4 Å². The average molecular weight is 288 g/mol. The molecule has 0 amide bonds. The van der Waals surface area contributed by atoms with Crippen LogP contribution in [0.3, 0.4) is 0 Å². The Bertz CT molecular complexity index is 758. The van der Waals surface area contributed by atoms with Crippen molar-refractivity contribution in [3.8, 4) is 11.4 Å². The Morgan fingerprint density at radius 1 is 1.15 bits per heavy atom. The molecule has 6 heteroatoms. The van der Waals surface area contributed by atoms with Crippen LogP contribution in [0.15, 0.2) is 30.3 Å². The van der Waals surface area contributed by atoms with Crippen molar-refractivity contribution in [2.24, 2.45) is 0 Å². The second kappa shape index (κ2) is 4.68. The summed E-state index contributed by atoms with van der Waals surface area (Å²) in [5.74, 6) is 1.57. The lowest BCUT2D eigenvalue weighted by molar-refractivity contribution is 1.08. The molecule has 0 aliphatic rings. The highest BCUT2D eigenvalue weighted by atomic mass is 35.5. The van der Waals surface area contributed by atoms with Gasteiger partial charge in [0.15, 0.2) is 5.65 Å². The molecule has 1 aromatic carbocycles. The Kier molecular flexibility index (Phi) is 2.99. The molecule has 0 saturated carbocycles. The topological polar surface area (TPSA) is 70.8 Å². The van der Waals surface area contributed by atoms with Crippen molar-refractivity contribution < 1.29 is 0 Å². The summed E-state index contributed by atoms with van der Waals surface area (Å²) < 4.78 is 0. The number of H-pyrrole nitrogens is 1. The van der Waals surface area contributed by atoms with Crippen molar-refractivity contribution in [3.63, 3.8) is 0 Å². The number of anilines is 2. The standard InChI is InChI=1S/C14H14ClN5/c1-20(2)12-4-3-11-14(18-12)19-13(17-11)8-5-9(15)7-10(16)6-8/h3-7H,16H2,1-2H3,(H,17,18,19). The summed E-state index contributed by atoms with van der Waals surface area (Å²) in [6.07, 6.45) is 0. The molecule has 3 rings (SSSR count). The fourth-order valence-electron chi connectivity index (χ4n) is 2.02. The van der Waals surface area contributed by atoms with Gasteiger partial charge in [-0.1, -0.05) is 11.6 Å². The van der Waals surface area contributed by atoms with Crippen LogP contribution < -0.4 is 10.6 Å². The Morgan fingerprint density at radius 3 is 2.65 bits per heavy atom. The minimum atomic E-state index is 0.586. The van der Waals surface area contributed by atoms with Crippen LogP contribution >= 0.6 is 11.6 Å². The number of rotatable bonds is 2. The first-order valence-electron chi connectivity index (χ1n) is 6.13. The van der Waals surface area contributed by atoms with E-state index < -0.39 is 0 Å². The second-order valence-electron chi connectivity index (χ2n) is 4.79. The number of hydrogen-bond donors (Lipinski definition) is 2. The Balaban J connectivity index is 2.12. The first kappa shape index (κ1) is 12.7. The molecule has 0 radical (unpaired) electrons. The molecule has 0 aliphatic carbocycles. The van der Waals surface area contributed by atoms with Crippen molar-refractivity contribution >= 4 is 34.3 Å². The maximum absolute atomic E-state index is 6.02. The summed E-state index contributed by atoms with van der Waals surface area (Å²) in [5.41, 5.74) is 8.81. The van der Waals surface area contributed by atoms with E-state index in [0.717, 1.165) is 16.9 Å². The third-order valence-corrected chi connectivity index (χ3v) is 3.20. The van der Waals surface area contributed by atoms with Crippen molar-refractivity contribution in [2.45, 2.75) is 0 Å². The Hall–Kier alpha value is -2.27. The number of fused-ring (bicyclic) bond motifs is 1. The Labute approximate surface area is 121 Å². The summed E-state index contributed by atoms with van der Waals surface area (Å²) in [6.45, 7) is 0. The van der Waals surface area contributed by atoms with Gasteiger partial charge in [-0.25, -0.2) is 9.97 Å². The number of pyridine rings is 1. The van der Waals surface area contributed by atoms with Gasteiger partial charge in [0.2, 0.25) is 0 Å². The van der Waals surface area contributed by atoms with Gasteiger partial charge >= 0.3 is 0 Å². The van der Waals surface area contributed by atoms with Crippen molar-refractivity contribution in [2.75, 3.05) is 24.7 Å². The summed E-state index contributed by atoms with van der Waals surface area (Å²) in [5, 5.41) is 0.586. The van der Waals surface area contributed by atoms with Crippen molar-refractivity contribution in [1.82, 2.24) is 15.0 Å². The molecule has 0 saturated heterocycles. The predicted octanol–water partition coefficient (Wildman–Crippen LogP) is 2.93. The van der Waals surface area contributed by atoms with E-state index in [2.05, 4.69) is 15.0 Å². The molecule has 5 nitrogen and oxygen atoms in total. The van der Waals surface area contributed by atoms with Gasteiger partial charge in [-0.05, 0) is 30.3 Å². The lowest BCUT2D eigenvalue weighted by atomic mass is 10.2. The number of benzene rings is 1. The number of aromatic nitrogens is 3. The van der Waals surface area contributed by atoms with Gasteiger partial charge in [-0.3, -0.25) is 0 Å². The molecular formula is C14H14ClN5. The number of imidazole rings is 1. The first-order valence-corrected chi connectivity index (χ1v) is 6.51. The molecule has 0 atom stereocenters. The molecule has 0 fully saturated rings. The van der Waals surface area contributed by atoms with Gasteiger partial charge in [0.25, 0.3) is 0 Å². The monoisotopic (exact) mass is 287 g/mol. The second-order valence-corrected chi connectivity index (χ2v) is 5.23. The smallest absolute Gasteiger partial charge is 0.180 e. The molecule has 3 aromatic rings. The number of aromatic amines is 1. The number of hydrogen-bond acceptors (Lipinski definition) is 4. The SMILES string of the molecule is CN(C)c1ccc2[nH]c(-c3cc(N)cc(Cl)c3)nc2n1. The van der Waals surface area contributed by atoms with E-state index in [0.29, 0.717) is 22.2 Å². The number of nitrogens with one attached hydrogen (secondary N) is 1. The van der Waals surface area contributed by atoms with Crippen LogP contribution in [-0.4, -0.2) is 29.0 Å². The molecule has 2 heterocycles. The van der Waals surface area contributed by atoms with Crippen LogP contribution in [0.5, 0.6) is 0 Å². The average Bonchev–Trinajstić information content (AvgIpc) is 2.80.